The number of nitrogens with zero attached hydrogens (tertiary/aromatic N) is 2. The van der Waals surface area contributed by atoms with Gasteiger partial charge >= 0.3 is 0 Å². The Morgan fingerprint density at radius 1 is 1.12 bits per heavy atom. The fourth-order valence-electron chi connectivity index (χ4n) is 3.69. The van der Waals surface area contributed by atoms with Crippen LogP contribution < -0.4 is 5.73 Å². The Balaban J connectivity index is 1.56. The quantitative estimate of drug-likeness (QED) is 0.852. The molecule has 0 saturated heterocycles. The summed E-state index contributed by atoms with van der Waals surface area (Å²) >= 11 is 0. The minimum absolute atomic E-state index is 0.278. The number of rotatable bonds is 2. The average molecular weight is 233 g/mol. The van der Waals surface area contributed by atoms with Crippen LogP contribution in [0, 0.1) is 5.41 Å². The molecule has 0 aromatic carbocycles. The van der Waals surface area contributed by atoms with Crippen LogP contribution in [0.1, 0.15) is 69.0 Å². The van der Waals surface area contributed by atoms with Crippen LogP contribution in [0.2, 0.25) is 0 Å². The summed E-state index contributed by atoms with van der Waals surface area (Å²) < 4.78 is 5.46. The van der Waals surface area contributed by atoms with Crippen molar-refractivity contribution in [1.29, 1.82) is 0 Å². The lowest BCUT2D eigenvalue weighted by atomic mass is 9.77. The molecule has 4 heteroatoms. The minimum atomic E-state index is -0.278. The Bertz CT molecular complexity index is 443. The van der Waals surface area contributed by atoms with Crippen LogP contribution in [0.25, 0.3) is 0 Å². The summed E-state index contributed by atoms with van der Waals surface area (Å²) in [4.78, 5) is 4.58. The van der Waals surface area contributed by atoms with Gasteiger partial charge in [-0.3, -0.25) is 0 Å². The van der Waals surface area contributed by atoms with Crippen LogP contribution in [-0.2, 0) is 5.54 Å². The summed E-state index contributed by atoms with van der Waals surface area (Å²) in [7, 11) is 0. The molecule has 1 atom stereocenters. The second kappa shape index (κ2) is 3.10. The third-order valence-corrected chi connectivity index (χ3v) is 5.22. The van der Waals surface area contributed by atoms with Gasteiger partial charge in [0, 0.05) is 5.92 Å². The van der Waals surface area contributed by atoms with E-state index < -0.39 is 0 Å². The molecular formula is C13H19N3O. The van der Waals surface area contributed by atoms with Crippen LogP contribution in [0.15, 0.2) is 4.52 Å². The molecule has 1 unspecified atom stereocenters. The van der Waals surface area contributed by atoms with Crippen LogP contribution in [0.4, 0.5) is 0 Å². The summed E-state index contributed by atoms with van der Waals surface area (Å²) in [5.41, 5.74) is 6.47. The van der Waals surface area contributed by atoms with E-state index in [-0.39, 0.29) is 5.54 Å². The van der Waals surface area contributed by atoms with E-state index in [1.165, 1.54) is 38.5 Å². The predicted molar refractivity (Wildman–Crippen MR) is 62.3 cm³/mol. The van der Waals surface area contributed by atoms with Gasteiger partial charge in [0.2, 0.25) is 5.89 Å². The molecule has 3 saturated carbocycles. The highest BCUT2D eigenvalue weighted by Gasteiger charge is 2.58. The number of hydrogen-bond acceptors (Lipinski definition) is 4. The Hall–Kier alpha value is -0.900. The van der Waals surface area contributed by atoms with E-state index >= 15 is 0 Å². The van der Waals surface area contributed by atoms with E-state index in [2.05, 4.69) is 10.1 Å². The number of aromatic nitrogens is 2. The molecule has 17 heavy (non-hydrogen) atoms. The maximum Gasteiger partial charge on any atom is 0.230 e. The van der Waals surface area contributed by atoms with Gasteiger partial charge in [-0.2, -0.15) is 4.98 Å². The van der Waals surface area contributed by atoms with Gasteiger partial charge in [-0.25, -0.2) is 0 Å². The third kappa shape index (κ3) is 1.33. The highest BCUT2D eigenvalue weighted by Crippen LogP contribution is 2.67. The normalized spacial score (nSPS) is 32.6. The maximum atomic E-state index is 6.22. The summed E-state index contributed by atoms with van der Waals surface area (Å²) in [5, 5.41) is 4.11. The fourth-order valence-corrected chi connectivity index (χ4v) is 3.69. The van der Waals surface area contributed by atoms with E-state index in [1.807, 2.05) is 0 Å². The highest BCUT2D eigenvalue weighted by molar-refractivity contribution is 5.20. The molecule has 1 aromatic heterocycles. The predicted octanol–water partition coefficient (Wildman–Crippen LogP) is 2.46. The van der Waals surface area contributed by atoms with Gasteiger partial charge in [-0.1, -0.05) is 18.0 Å². The molecule has 0 amide bonds. The van der Waals surface area contributed by atoms with Crippen molar-refractivity contribution in [1.82, 2.24) is 10.1 Å². The largest absolute Gasteiger partial charge is 0.339 e. The smallest absolute Gasteiger partial charge is 0.230 e. The SMILES string of the molecule is NC1(c2noc(C3CC34CCCC4)n2)CCC1. The van der Waals surface area contributed by atoms with Crippen molar-refractivity contribution >= 4 is 0 Å². The summed E-state index contributed by atoms with van der Waals surface area (Å²) in [6.07, 6.45) is 9.90. The third-order valence-electron chi connectivity index (χ3n) is 5.22. The fraction of sp³-hybridized carbons (Fsp3) is 0.846. The Labute approximate surface area is 101 Å². The first-order valence-electron chi connectivity index (χ1n) is 6.85. The zero-order valence-corrected chi connectivity index (χ0v) is 10.1. The lowest BCUT2D eigenvalue weighted by molar-refractivity contribution is 0.228. The zero-order chi connectivity index (χ0) is 11.5. The minimum Gasteiger partial charge on any atom is -0.339 e. The van der Waals surface area contributed by atoms with Crippen LogP contribution in [0.3, 0.4) is 0 Å². The van der Waals surface area contributed by atoms with Crippen molar-refractivity contribution in [2.24, 2.45) is 11.1 Å². The molecule has 1 aromatic rings. The van der Waals surface area contributed by atoms with E-state index in [4.69, 9.17) is 10.3 Å². The number of nitrogens with two attached hydrogens (primary N) is 1. The van der Waals surface area contributed by atoms with Crippen LogP contribution in [0.5, 0.6) is 0 Å². The molecular weight excluding hydrogens is 214 g/mol. The second-order valence-electron chi connectivity index (χ2n) is 6.29. The molecule has 1 spiro atoms. The highest BCUT2D eigenvalue weighted by atomic mass is 16.5. The Kier molecular flexibility index (Phi) is 1.84. The summed E-state index contributed by atoms with van der Waals surface area (Å²) in [5.74, 6) is 2.15. The molecule has 3 aliphatic carbocycles. The molecule has 92 valence electrons. The standard InChI is InChI=1S/C13H19N3O/c14-13(6-3-7-13)11-15-10(17-16-11)9-8-12(9)4-1-2-5-12/h9H,1-8,14H2. The summed E-state index contributed by atoms with van der Waals surface area (Å²) in [6.45, 7) is 0. The van der Waals surface area contributed by atoms with E-state index in [0.717, 1.165) is 24.6 Å². The first kappa shape index (κ1) is 10.1. The van der Waals surface area contributed by atoms with Gasteiger partial charge < -0.3 is 10.3 Å². The molecule has 0 bridgehead atoms. The second-order valence-corrected chi connectivity index (χ2v) is 6.29. The van der Waals surface area contributed by atoms with Gasteiger partial charge in [-0.05, 0) is 43.9 Å². The van der Waals surface area contributed by atoms with E-state index in [1.54, 1.807) is 0 Å². The molecule has 0 radical (unpaired) electrons. The van der Waals surface area contributed by atoms with Crippen molar-refractivity contribution in [3.63, 3.8) is 0 Å². The zero-order valence-electron chi connectivity index (χ0n) is 10.1. The maximum absolute atomic E-state index is 6.22. The molecule has 0 aliphatic heterocycles. The van der Waals surface area contributed by atoms with Crippen LogP contribution in [-0.4, -0.2) is 10.1 Å². The van der Waals surface area contributed by atoms with E-state index in [9.17, 15) is 0 Å². The van der Waals surface area contributed by atoms with Crippen molar-refractivity contribution in [3.05, 3.63) is 11.7 Å². The van der Waals surface area contributed by atoms with Crippen LogP contribution >= 0.6 is 0 Å². The first-order valence-corrected chi connectivity index (χ1v) is 6.85. The summed E-state index contributed by atoms with van der Waals surface area (Å²) in [6, 6.07) is 0. The van der Waals surface area contributed by atoms with Gasteiger partial charge in [0.05, 0.1) is 5.54 Å². The lowest BCUT2D eigenvalue weighted by Gasteiger charge is -2.34. The Morgan fingerprint density at radius 2 is 1.88 bits per heavy atom. The van der Waals surface area contributed by atoms with Gasteiger partial charge in [0.25, 0.3) is 0 Å². The molecule has 3 aliphatic rings. The van der Waals surface area contributed by atoms with Crippen molar-refractivity contribution in [2.45, 2.75) is 62.8 Å². The van der Waals surface area contributed by atoms with Crippen molar-refractivity contribution in [3.8, 4) is 0 Å². The monoisotopic (exact) mass is 233 g/mol. The van der Waals surface area contributed by atoms with Gasteiger partial charge in [0.1, 0.15) is 0 Å². The average Bonchev–Trinajstić information content (AvgIpc) is 2.71. The molecule has 2 N–H and O–H groups in total. The Morgan fingerprint density at radius 3 is 2.53 bits per heavy atom. The number of hydrogen-bond donors (Lipinski definition) is 1. The van der Waals surface area contributed by atoms with E-state index in [0.29, 0.717) is 11.3 Å². The molecule has 3 fully saturated rings. The molecule has 1 heterocycles. The van der Waals surface area contributed by atoms with Crippen molar-refractivity contribution < 1.29 is 4.52 Å². The molecule has 4 nitrogen and oxygen atoms in total. The topological polar surface area (TPSA) is 64.9 Å². The van der Waals surface area contributed by atoms with Gasteiger partial charge in [0.15, 0.2) is 5.82 Å². The van der Waals surface area contributed by atoms with Crippen molar-refractivity contribution in [2.75, 3.05) is 0 Å². The molecule has 4 rings (SSSR count). The first-order chi connectivity index (χ1) is 8.22. The lowest BCUT2D eigenvalue weighted by Crippen LogP contribution is -2.44. The van der Waals surface area contributed by atoms with Gasteiger partial charge in [-0.15, -0.1) is 0 Å².